The topological polar surface area (TPSA) is 81.1 Å². The quantitative estimate of drug-likeness (QED) is 0.550. The monoisotopic (exact) mass is 467 g/mol. The highest BCUT2D eigenvalue weighted by Crippen LogP contribution is 2.37. The van der Waals surface area contributed by atoms with E-state index < -0.39 is 11.8 Å². The van der Waals surface area contributed by atoms with Crippen LogP contribution in [0.2, 0.25) is 5.02 Å². The summed E-state index contributed by atoms with van der Waals surface area (Å²) < 4.78 is 14.9. The number of halogens is 2. The Hall–Kier alpha value is -3.32. The number of rotatable bonds is 6. The predicted molar refractivity (Wildman–Crippen MR) is 122 cm³/mol. The second-order valence-electron chi connectivity index (χ2n) is 8.41. The zero-order valence-electron chi connectivity index (χ0n) is 18.3. The Bertz CT molecular complexity index is 1230. The number of carbonyl (C=O) groups excluding carboxylic acids is 3. The summed E-state index contributed by atoms with van der Waals surface area (Å²) in [6, 6.07) is 9.67. The number of aromatic nitrogens is 2. The molecule has 1 aliphatic rings. The molecular formula is C25H23ClFN3O3. The van der Waals surface area contributed by atoms with Crippen molar-refractivity contribution in [2.75, 3.05) is 0 Å². The number of hydrogen-bond acceptors (Lipinski definition) is 4. The standard InChI is InChI=1S/C25H23ClFN3O3/c1-14-6-20(30-13-18(26)12-29-30)7-15(2)23(14)24-21(31)9-17(25(24)33)10-22(32)28-11-16-4-3-5-19(27)8-16/h3-8,12-13,17,24H,9-11H2,1-2H3,(H,28,32). The maximum Gasteiger partial charge on any atom is 0.221 e. The Kier molecular flexibility index (Phi) is 6.42. The van der Waals surface area contributed by atoms with Gasteiger partial charge in [-0.05, 0) is 60.4 Å². The second-order valence-corrected chi connectivity index (χ2v) is 8.85. The molecule has 1 fully saturated rings. The molecule has 2 aromatic carbocycles. The van der Waals surface area contributed by atoms with Crippen LogP contribution in [0.1, 0.15) is 41.0 Å². The molecule has 0 spiro atoms. The number of amides is 1. The van der Waals surface area contributed by atoms with E-state index in [9.17, 15) is 18.8 Å². The molecule has 1 amide bonds. The molecule has 0 radical (unpaired) electrons. The molecule has 0 bridgehead atoms. The van der Waals surface area contributed by atoms with Crippen LogP contribution in [-0.4, -0.2) is 27.3 Å². The largest absolute Gasteiger partial charge is 0.352 e. The summed E-state index contributed by atoms with van der Waals surface area (Å²) in [6.45, 7) is 3.87. The molecular weight excluding hydrogens is 445 g/mol. The molecule has 1 N–H and O–H groups in total. The fourth-order valence-corrected chi connectivity index (χ4v) is 4.59. The van der Waals surface area contributed by atoms with Crippen LogP contribution < -0.4 is 5.32 Å². The van der Waals surface area contributed by atoms with Crippen molar-refractivity contribution < 1.29 is 18.8 Å². The first-order valence-electron chi connectivity index (χ1n) is 10.6. The minimum atomic E-state index is -0.874. The number of hydrogen-bond donors (Lipinski definition) is 1. The third-order valence-electron chi connectivity index (χ3n) is 5.95. The van der Waals surface area contributed by atoms with E-state index >= 15 is 0 Å². The zero-order valence-corrected chi connectivity index (χ0v) is 19.0. The highest BCUT2D eigenvalue weighted by molar-refractivity contribution is 6.30. The first-order valence-corrected chi connectivity index (χ1v) is 11.0. The Morgan fingerprint density at radius 3 is 2.58 bits per heavy atom. The lowest BCUT2D eigenvalue weighted by Gasteiger charge is -2.17. The first kappa shape index (κ1) is 22.9. The van der Waals surface area contributed by atoms with Crippen LogP contribution in [0, 0.1) is 25.6 Å². The minimum absolute atomic E-state index is 0.0340. The average Bonchev–Trinajstić information content (AvgIpc) is 3.30. The van der Waals surface area contributed by atoms with Gasteiger partial charge >= 0.3 is 0 Å². The smallest absolute Gasteiger partial charge is 0.221 e. The molecule has 1 aliphatic carbocycles. The lowest BCUT2D eigenvalue weighted by molar-refractivity contribution is -0.128. The molecule has 33 heavy (non-hydrogen) atoms. The molecule has 2 atom stereocenters. The van der Waals surface area contributed by atoms with Crippen LogP contribution in [0.15, 0.2) is 48.8 Å². The SMILES string of the molecule is Cc1cc(-n2cc(Cl)cn2)cc(C)c1C1C(=O)CC(CC(=O)NCc2cccc(F)c2)C1=O. The van der Waals surface area contributed by atoms with E-state index in [4.69, 9.17) is 11.6 Å². The van der Waals surface area contributed by atoms with Gasteiger partial charge in [0.15, 0.2) is 5.78 Å². The van der Waals surface area contributed by atoms with Crippen molar-refractivity contribution >= 4 is 29.1 Å². The van der Waals surface area contributed by atoms with Crippen molar-refractivity contribution in [1.82, 2.24) is 15.1 Å². The fourth-order valence-electron chi connectivity index (χ4n) is 4.46. The van der Waals surface area contributed by atoms with Gasteiger partial charge in [-0.2, -0.15) is 5.10 Å². The highest BCUT2D eigenvalue weighted by atomic mass is 35.5. The normalized spacial score (nSPS) is 18.1. The summed E-state index contributed by atoms with van der Waals surface area (Å²) in [5, 5.41) is 7.41. The fraction of sp³-hybridized carbons (Fsp3) is 0.280. The maximum atomic E-state index is 13.3. The van der Waals surface area contributed by atoms with Crippen LogP contribution in [0.3, 0.4) is 0 Å². The van der Waals surface area contributed by atoms with Gasteiger partial charge in [0.2, 0.25) is 5.91 Å². The molecule has 170 valence electrons. The second kappa shape index (κ2) is 9.27. The summed E-state index contributed by atoms with van der Waals surface area (Å²) in [4.78, 5) is 38.4. The number of aryl methyl sites for hydroxylation is 2. The van der Waals surface area contributed by atoms with Gasteiger partial charge in [0.25, 0.3) is 0 Å². The van der Waals surface area contributed by atoms with Crippen LogP contribution >= 0.6 is 11.6 Å². The number of nitrogens with zero attached hydrogens (tertiary/aromatic N) is 2. The molecule has 0 saturated heterocycles. The van der Waals surface area contributed by atoms with Crippen molar-refractivity contribution in [1.29, 1.82) is 0 Å². The van der Waals surface area contributed by atoms with Gasteiger partial charge in [0.05, 0.1) is 16.9 Å². The van der Waals surface area contributed by atoms with Crippen LogP contribution in [0.5, 0.6) is 0 Å². The van der Waals surface area contributed by atoms with Gasteiger partial charge in [-0.25, -0.2) is 9.07 Å². The summed E-state index contributed by atoms with van der Waals surface area (Å²) >= 11 is 5.96. The number of ketones is 2. The van der Waals surface area contributed by atoms with E-state index in [1.54, 1.807) is 23.0 Å². The Morgan fingerprint density at radius 1 is 1.21 bits per heavy atom. The Labute approximate surface area is 195 Å². The number of nitrogens with one attached hydrogen (secondary N) is 1. The van der Waals surface area contributed by atoms with Crippen LogP contribution in [0.4, 0.5) is 4.39 Å². The average molecular weight is 468 g/mol. The first-order chi connectivity index (χ1) is 15.7. The zero-order chi connectivity index (χ0) is 23.7. The molecule has 0 aliphatic heterocycles. The molecule has 1 aromatic heterocycles. The Balaban J connectivity index is 1.47. The summed E-state index contributed by atoms with van der Waals surface area (Å²) in [5.74, 6) is -2.68. The minimum Gasteiger partial charge on any atom is -0.352 e. The van der Waals surface area contributed by atoms with Crippen molar-refractivity contribution in [3.05, 3.63) is 81.9 Å². The number of Topliss-reactive ketones (excluding diaryl/α,β-unsaturated/α-hetero) is 2. The molecule has 6 nitrogen and oxygen atoms in total. The van der Waals surface area contributed by atoms with E-state index in [0.717, 1.165) is 16.8 Å². The van der Waals surface area contributed by atoms with Gasteiger partial charge in [-0.1, -0.05) is 23.7 Å². The van der Waals surface area contributed by atoms with Crippen LogP contribution in [-0.2, 0) is 20.9 Å². The van der Waals surface area contributed by atoms with Gasteiger partial charge in [0, 0.05) is 31.5 Å². The van der Waals surface area contributed by atoms with E-state index in [0.29, 0.717) is 16.1 Å². The van der Waals surface area contributed by atoms with E-state index in [-0.39, 0.29) is 42.7 Å². The van der Waals surface area contributed by atoms with Crippen molar-refractivity contribution in [3.8, 4) is 5.69 Å². The summed E-state index contributed by atoms with van der Waals surface area (Å²) in [5.41, 5.74) is 3.71. The summed E-state index contributed by atoms with van der Waals surface area (Å²) in [6.07, 6.45) is 3.18. The van der Waals surface area contributed by atoms with E-state index in [1.807, 2.05) is 26.0 Å². The molecule has 4 rings (SSSR count). The van der Waals surface area contributed by atoms with Gasteiger partial charge in [-0.15, -0.1) is 0 Å². The molecule has 1 heterocycles. The maximum absolute atomic E-state index is 13.3. The van der Waals surface area contributed by atoms with Gasteiger partial charge < -0.3 is 5.32 Å². The van der Waals surface area contributed by atoms with Crippen molar-refractivity contribution in [2.45, 2.75) is 39.2 Å². The molecule has 3 aromatic rings. The summed E-state index contributed by atoms with van der Waals surface area (Å²) in [7, 11) is 0. The van der Waals surface area contributed by atoms with E-state index in [1.165, 1.54) is 18.3 Å². The predicted octanol–water partition coefficient (Wildman–Crippen LogP) is 4.23. The highest BCUT2D eigenvalue weighted by Gasteiger charge is 2.43. The van der Waals surface area contributed by atoms with E-state index in [2.05, 4.69) is 10.4 Å². The number of benzene rings is 2. The lowest BCUT2D eigenvalue weighted by atomic mass is 9.87. The lowest BCUT2D eigenvalue weighted by Crippen LogP contribution is -2.27. The molecule has 8 heteroatoms. The van der Waals surface area contributed by atoms with Gasteiger partial charge in [-0.3, -0.25) is 14.4 Å². The third kappa shape index (κ3) is 4.88. The van der Waals surface area contributed by atoms with Crippen LogP contribution in [0.25, 0.3) is 5.69 Å². The Morgan fingerprint density at radius 2 is 1.94 bits per heavy atom. The number of carbonyl (C=O) groups is 3. The molecule has 2 unspecified atom stereocenters. The van der Waals surface area contributed by atoms with Crippen molar-refractivity contribution in [3.63, 3.8) is 0 Å². The van der Waals surface area contributed by atoms with Gasteiger partial charge in [0.1, 0.15) is 17.5 Å². The van der Waals surface area contributed by atoms with Crippen molar-refractivity contribution in [2.24, 2.45) is 5.92 Å². The third-order valence-corrected chi connectivity index (χ3v) is 6.14. The molecule has 1 saturated carbocycles.